The van der Waals surface area contributed by atoms with E-state index in [2.05, 4.69) is 89.1 Å². The molecule has 1 atom stereocenters. The van der Waals surface area contributed by atoms with E-state index in [9.17, 15) is 0 Å². The lowest BCUT2D eigenvalue weighted by molar-refractivity contribution is 0.282. The number of aryl methyl sites for hydroxylation is 2. The van der Waals surface area contributed by atoms with Crippen LogP contribution in [0.15, 0.2) is 45.1 Å². The molecule has 1 aliphatic rings. The fourth-order valence-corrected chi connectivity index (χ4v) is 5.70. The Hall–Kier alpha value is -1.17. The van der Waals surface area contributed by atoms with Crippen molar-refractivity contribution in [2.75, 3.05) is 12.3 Å². The largest absolute Gasteiger partial charge is 0.295 e. The van der Waals surface area contributed by atoms with Gasteiger partial charge in [0, 0.05) is 23.9 Å². The molecule has 3 nitrogen and oxygen atoms in total. The summed E-state index contributed by atoms with van der Waals surface area (Å²) in [5.41, 5.74) is 8.03. The van der Waals surface area contributed by atoms with Crippen molar-refractivity contribution in [1.29, 1.82) is 0 Å². The summed E-state index contributed by atoms with van der Waals surface area (Å²) in [6, 6.07) is 4.60. The second-order valence-electron chi connectivity index (χ2n) is 9.20. The minimum Gasteiger partial charge on any atom is -0.295 e. The zero-order valence-electron chi connectivity index (χ0n) is 25.6. The molecule has 0 amide bonds. The molecule has 1 aromatic carbocycles. The van der Waals surface area contributed by atoms with Gasteiger partial charge in [-0.3, -0.25) is 5.01 Å². The van der Waals surface area contributed by atoms with Crippen molar-refractivity contribution in [2.24, 2.45) is 10.9 Å². The predicted molar refractivity (Wildman–Crippen MR) is 174 cm³/mol. The molecule has 5 heteroatoms. The maximum Gasteiger partial charge on any atom is 0.123 e. The topological polar surface area (TPSA) is 27.6 Å². The van der Waals surface area contributed by atoms with Gasteiger partial charge in [0.2, 0.25) is 0 Å². The first-order valence-corrected chi connectivity index (χ1v) is 16.6. The van der Waals surface area contributed by atoms with Crippen molar-refractivity contribution in [3.05, 3.63) is 51.9 Å². The number of thioether (sulfide) groups is 2. The fourth-order valence-electron chi connectivity index (χ4n) is 4.15. The molecular weight excluding hydrogens is 491 g/mol. The number of amidine groups is 1. The highest BCUT2D eigenvalue weighted by molar-refractivity contribution is 8.03. The normalized spacial score (nSPS) is 15.8. The van der Waals surface area contributed by atoms with E-state index in [1.165, 1.54) is 53.1 Å². The number of aliphatic imine (C=N–C) groups is 1. The Morgan fingerprint density at radius 2 is 1.84 bits per heavy atom. The Labute approximate surface area is 239 Å². The summed E-state index contributed by atoms with van der Waals surface area (Å²) in [4.78, 5) is 6.48. The summed E-state index contributed by atoms with van der Waals surface area (Å²) in [6.45, 7) is 25.6. The minimum atomic E-state index is 0.454. The van der Waals surface area contributed by atoms with E-state index in [1.54, 1.807) is 11.8 Å². The highest BCUT2D eigenvalue weighted by Gasteiger charge is 2.24. The van der Waals surface area contributed by atoms with E-state index in [1.807, 2.05) is 25.6 Å². The summed E-state index contributed by atoms with van der Waals surface area (Å²) in [6.07, 6.45) is 11.5. The predicted octanol–water partition coefficient (Wildman–Crippen LogP) is 10.5. The molecule has 0 saturated carbocycles. The third-order valence-corrected chi connectivity index (χ3v) is 8.00. The number of rotatable bonds is 12. The number of fused-ring (bicyclic) bond motifs is 1. The first-order chi connectivity index (χ1) is 18.0. The molecule has 1 aliphatic heterocycles. The average Bonchev–Trinajstić information content (AvgIpc) is 2.97. The number of benzene rings is 1. The smallest absolute Gasteiger partial charge is 0.123 e. The van der Waals surface area contributed by atoms with E-state index in [-0.39, 0.29) is 0 Å². The molecule has 212 valence electrons. The first-order valence-electron chi connectivity index (χ1n) is 14.8. The lowest BCUT2D eigenvalue weighted by Crippen LogP contribution is -2.46. The van der Waals surface area contributed by atoms with Gasteiger partial charge in [0.25, 0.3) is 0 Å². The van der Waals surface area contributed by atoms with Crippen LogP contribution in [0.2, 0.25) is 0 Å². The van der Waals surface area contributed by atoms with E-state index >= 15 is 0 Å². The van der Waals surface area contributed by atoms with Crippen LogP contribution in [-0.2, 0) is 13.0 Å². The molecule has 1 unspecified atom stereocenters. The molecule has 1 N–H and O–H groups in total. The molecule has 0 saturated heterocycles. The summed E-state index contributed by atoms with van der Waals surface area (Å²) in [5, 5.41) is 5.44. The van der Waals surface area contributed by atoms with Crippen molar-refractivity contribution in [3.8, 4) is 0 Å². The van der Waals surface area contributed by atoms with Crippen molar-refractivity contribution >= 4 is 29.4 Å². The zero-order valence-corrected chi connectivity index (χ0v) is 27.2. The van der Waals surface area contributed by atoms with Crippen LogP contribution in [0.4, 0.5) is 0 Å². The molecule has 1 aromatic rings. The Morgan fingerprint density at radius 1 is 1.14 bits per heavy atom. The quantitative estimate of drug-likeness (QED) is 0.263. The third kappa shape index (κ3) is 13.5. The molecular formula is C32H57N3S2. The molecule has 0 spiro atoms. The number of nitrogens with zero attached hydrogens (tertiary/aromatic N) is 2. The van der Waals surface area contributed by atoms with Crippen LogP contribution in [0.5, 0.6) is 0 Å². The van der Waals surface area contributed by atoms with Gasteiger partial charge in [-0.25, -0.2) is 10.4 Å². The van der Waals surface area contributed by atoms with Crippen LogP contribution in [-0.4, -0.2) is 23.1 Å². The Balaban J connectivity index is 0.00000241. The highest BCUT2D eigenvalue weighted by atomic mass is 32.2. The minimum absolute atomic E-state index is 0.454. The SMILES string of the molecule is C=C1/N=C(/C(CC)CCC)N(CCCS/C=C\C)NCc2c(CCCC)ccc(C)c2S1.CC.CCC. The molecule has 0 bridgehead atoms. The van der Waals surface area contributed by atoms with Gasteiger partial charge in [0.1, 0.15) is 5.84 Å². The van der Waals surface area contributed by atoms with Gasteiger partial charge in [0.05, 0.1) is 5.03 Å². The van der Waals surface area contributed by atoms with Crippen LogP contribution in [0.25, 0.3) is 0 Å². The van der Waals surface area contributed by atoms with Gasteiger partial charge >= 0.3 is 0 Å². The molecule has 0 fully saturated rings. The van der Waals surface area contributed by atoms with Crippen molar-refractivity contribution < 1.29 is 0 Å². The van der Waals surface area contributed by atoms with Gasteiger partial charge in [-0.05, 0) is 73.8 Å². The van der Waals surface area contributed by atoms with Gasteiger partial charge in [-0.15, -0.1) is 11.8 Å². The van der Waals surface area contributed by atoms with Gasteiger partial charge in [0.15, 0.2) is 0 Å². The van der Waals surface area contributed by atoms with Crippen LogP contribution in [0.3, 0.4) is 0 Å². The zero-order chi connectivity index (χ0) is 28.1. The summed E-state index contributed by atoms with van der Waals surface area (Å²) >= 11 is 3.65. The number of unbranched alkanes of at least 4 members (excludes halogenated alkanes) is 1. The Morgan fingerprint density at radius 3 is 2.43 bits per heavy atom. The van der Waals surface area contributed by atoms with Crippen molar-refractivity contribution in [1.82, 2.24) is 10.4 Å². The molecule has 0 radical (unpaired) electrons. The van der Waals surface area contributed by atoms with Crippen LogP contribution >= 0.6 is 23.5 Å². The number of nitrogens with one attached hydrogen (secondary N) is 1. The van der Waals surface area contributed by atoms with Crippen molar-refractivity contribution in [3.63, 3.8) is 0 Å². The number of hydrogen-bond donors (Lipinski definition) is 1. The number of hydrazine groups is 1. The highest BCUT2D eigenvalue weighted by Crippen LogP contribution is 2.36. The molecule has 0 aliphatic carbocycles. The van der Waals surface area contributed by atoms with Crippen LogP contribution < -0.4 is 5.43 Å². The number of allylic oxidation sites excluding steroid dienone is 1. The molecule has 0 aromatic heterocycles. The Kier molecular flexibility index (Phi) is 22.1. The summed E-state index contributed by atoms with van der Waals surface area (Å²) in [7, 11) is 0. The second kappa shape index (κ2) is 22.8. The number of hydrogen-bond acceptors (Lipinski definition) is 5. The van der Waals surface area contributed by atoms with Crippen LogP contribution in [0, 0.1) is 12.8 Å². The monoisotopic (exact) mass is 547 g/mol. The van der Waals surface area contributed by atoms with Crippen LogP contribution in [0.1, 0.15) is 117 Å². The lowest BCUT2D eigenvalue weighted by Gasteiger charge is -2.31. The first kappa shape index (κ1) is 35.8. The van der Waals surface area contributed by atoms with E-state index < -0.39 is 0 Å². The van der Waals surface area contributed by atoms with Gasteiger partial charge < -0.3 is 0 Å². The van der Waals surface area contributed by atoms with Gasteiger partial charge in [-0.1, -0.05) is 104 Å². The maximum atomic E-state index is 5.14. The molecule has 37 heavy (non-hydrogen) atoms. The van der Waals surface area contributed by atoms with Crippen molar-refractivity contribution in [2.45, 2.75) is 125 Å². The van der Waals surface area contributed by atoms with E-state index in [0.29, 0.717) is 5.92 Å². The van der Waals surface area contributed by atoms with E-state index in [4.69, 9.17) is 4.99 Å². The average molecular weight is 548 g/mol. The second-order valence-corrected chi connectivity index (χ2v) is 11.3. The molecule has 2 rings (SSSR count). The molecule has 1 heterocycles. The standard InChI is InChI=1S/C27H43N3S2.C3H8.C2H6/c1-7-11-14-24-16-15-21(5)26-25(24)20-28-30(17-12-19-31-18-9-3)27(29-22(6)32-26)23(10-4)13-8-2;1-3-2;1-2/h9,15-16,18,23,28H,6-8,10-14,17,19-20H2,1-5H3;3H2,1-2H3;1-2H3/b18-9-,29-27-;;. The summed E-state index contributed by atoms with van der Waals surface area (Å²) in [5.74, 6) is 2.74. The lowest BCUT2D eigenvalue weighted by atomic mass is 9.98. The fraction of sp³-hybridized carbons (Fsp3) is 0.656. The maximum absolute atomic E-state index is 5.14. The summed E-state index contributed by atoms with van der Waals surface area (Å²) < 4.78 is 0. The van der Waals surface area contributed by atoms with E-state index in [0.717, 1.165) is 49.6 Å². The Bertz CT molecular complexity index is 801. The third-order valence-electron chi connectivity index (χ3n) is 5.91. The van der Waals surface area contributed by atoms with Gasteiger partial charge in [-0.2, -0.15) is 0 Å².